The molecule has 0 aromatic carbocycles. The minimum atomic E-state index is 0. The Hall–Kier alpha value is 0.460. The van der Waals surface area contributed by atoms with E-state index in [2.05, 4.69) is 5.43 Å². The molecule has 3 nitrogen and oxygen atoms in total. The average Bonchev–Trinajstić information content (AvgIpc) is 1.83. The van der Waals surface area contributed by atoms with Crippen LogP contribution in [0.5, 0.6) is 0 Å². The fraction of sp³-hybridized carbons (Fsp3) is 1.00. The number of hydrogen-bond donors (Lipinski definition) is 2. The molecule has 0 saturated heterocycles. The lowest BCUT2D eigenvalue weighted by molar-refractivity contribution is 0.215. The molecule has 0 radical (unpaired) electrons. The van der Waals surface area contributed by atoms with Gasteiger partial charge >= 0.3 is 0 Å². The van der Waals surface area contributed by atoms with Crippen molar-refractivity contribution in [1.29, 1.82) is 0 Å². The summed E-state index contributed by atoms with van der Waals surface area (Å²) >= 11 is 0. The molecule has 0 amide bonds. The predicted octanol–water partition coefficient (Wildman–Crippen LogP) is 0.279. The fourth-order valence-corrected chi connectivity index (χ4v) is 0.420. The van der Waals surface area contributed by atoms with Crippen LogP contribution in [0.25, 0.3) is 0 Å². The lowest BCUT2D eigenvalue weighted by Crippen LogP contribution is -2.31. The standard InChI is InChI=1S/C5H14N2O.2ClH/c1-6-7(2)4-3-5-8;;/h6,8H,3-5H2,1-2H3;2*1H. The first-order chi connectivity index (χ1) is 3.81. The van der Waals surface area contributed by atoms with Crippen molar-refractivity contribution in [2.24, 2.45) is 0 Å². The summed E-state index contributed by atoms with van der Waals surface area (Å²) in [6.45, 7) is 1.17. The van der Waals surface area contributed by atoms with Crippen molar-refractivity contribution in [3.8, 4) is 0 Å². The van der Waals surface area contributed by atoms with E-state index in [0.717, 1.165) is 13.0 Å². The van der Waals surface area contributed by atoms with E-state index in [-0.39, 0.29) is 31.4 Å². The van der Waals surface area contributed by atoms with Crippen molar-refractivity contribution < 1.29 is 5.11 Å². The molecule has 66 valence electrons. The van der Waals surface area contributed by atoms with Gasteiger partial charge < -0.3 is 5.11 Å². The van der Waals surface area contributed by atoms with E-state index in [4.69, 9.17) is 5.11 Å². The Morgan fingerprint density at radius 2 is 1.90 bits per heavy atom. The Kier molecular flexibility index (Phi) is 20.5. The van der Waals surface area contributed by atoms with Crippen molar-refractivity contribution in [3.05, 3.63) is 0 Å². The zero-order valence-corrected chi connectivity index (χ0v) is 7.97. The normalized spacial score (nSPS) is 8.40. The molecule has 0 aliphatic rings. The molecule has 0 atom stereocenters. The summed E-state index contributed by atoms with van der Waals surface area (Å²) < 4.78 is 0. The third-order valence-electron chi connectivity index (χ3n) is 1.03. The molecule has 0 aliphatic carbocycles. The van der Waals surface area contributed by atoms with Gasteiger partial charge in [-0.1, -0.05) is 0 Å². The molecule has 0 aromatic rings. The van der Waals surface area contributed by atoms with Crippen LogP contribution in [-0.4, -0.2) is 37.4 Å². The minimum absolute atomic E-state index is 0. The van der Waals surface area contributed by atoms with Gasteiger partial charge in [0.1, 0.15) is 0 Å². The monoisotopic (exact) mass is 190 g/mol. The first-order valence-corrected chi connectivity index (χ1v) is 2.80. The quantitative estimate of drug-likeness (QED) is 0.626. The Morgan fingerprint density at radius 1 is 1.40 bits per heavy atom. The lowest BCUT2D eigenvalue weighted by Gasteiger charge is -2.12. The van der Waals surface area contributed by atoms with Gasteiger partial charge in [0, 0.05) is 20.2 Å². The highest BCUT2D eigenvalue weighted by molar-refractivity contribution is 5.85. The van der Waals surface area contributed by atoms with Crippen LogP contribution >= 0.6 is 24.8 Å². The molecule has 10 heavy (non-hydrogen) atoms. The van der Waals surface area contributed by atoms with Crippen LogP contribution in [0.1, 0.15) is 6.42 Å². The van der Waals surface area contributed by atoms with Gasteiger partial charge in [0.05, 0.1) is 0 Å². The Bertz CT molecular complexity index is 56.9. The van der Waals surface area contributed by atoms with Gasteiger partial charge in [-0.25, -0.2) is 5.01 Å². The van der Waals surface area contributed by atoms with Crippen LogP contribution < -0.4 is 5.43 Å². The lowest BCUT2D eigenvalue weighted by atomic mass is 10.4. The van der Waals surface area contributed by atoms with Crippen molar-refractivity contribution in [2.75, 3.05) is 27.2 Å². The summed E-state index contributed by atoms with van der Waals surface area (Å²) in [5, 5.41) is 10.3. The SMILES string of the molecule is CNN(C)CCCO.Cl.Cl. The van der Waals surface area contributed by atoms with E-state index in [9.17, 15) is 0 Å². The van der Waals surface area contributed by atoms with E-state index in [1.54, 1.807) is 0 Å². The molecule has 0 spiro atoms. The first kappa shape index (κ1) is 16.8. The molecule has 0 bridgehead atoms. The van der Waals surface area contributed by atoms with Crippen LogP contribution in [0.4, 0.5) is 0 Å². The number of aliphatic hydroxyl groups excluding tert-OH is 1. The van der Waals surface area contributed by atoms with E-state index in [1.807, 2.05) is 19.1 Å². The third kappa shape index (κ3) is 11.3. The molecule has 0 fully saturated rings. The number of hydrazine groups is 1. The Morgan fingerprint density at radius 3 is 2.20 bits per heavy atom. The zero-order chi connectivity index (χ0) is 6.41. The molecule has 0 aliphatic heterocycles. The van der Waals surface area contributed by atoms with Gasteiger partial charge in [-0.15, -0.1) is 24.8 Å². The number of hydrogen-bond acceptors (Lipinski definition) is 3. The van der Waals surface area contributed by atoms with Crippen LogP contribution in [0.2, 0.25) is 0 Å². The fourth-order valence-electron chi connectivity index (χ4n) is 0.420. The van der Waals surface area contributed by atoms with Gasteiger partial charge in [-0.2, -0.15) is 0 Å². The topological polar surface area (TPSA) is 35.5 Å². The minimum Gasteiger partial charge on any atom is -0.396 e. The highest BCUT2D eigenvalue weighted by Crippen LogP contribution is 1.77. The second kappa shape index (κ2) is 12.2. The third-order valence-corrected chi connectivity index (χ3v) is 1.03. The maximum Gasteiger partial charge on any atom is 0.0443 e. The summed E-state index contributed by atoms with van der Waals surface area (Å²) in [7, 11) is 3.80. The molecule has 0 rings (SSSR count). The molecule has 0 saturated carbocycles. The summed E-state index contributed by atoms with van der Waals surface area (Å²) in [5.74, 6) is 0. The zero-order valence-electron chi connectivity index (χ0n) is 6.33. The second-order valence-corrected chi connectivity index (χ2v) is 1.72. The Balaban J connectivity index is -0.000000245. The largest absolute Gasteiger partial charge is 0.396 e. The molecular weight excluding hydrogens is 175 g/mol. The summed E-state index contributed by atoms with van der Waals surface area (Å²) in [6.07, 6.45) is 0.831. The van der Waals surface area contributed by atoms with E-state index in [1.165, 1.54) is 0 Å². The van der Waals surface area contributed by atoms with Crippen molar-refractivity contribution in [3.63, 3.8) is 0 Å². The number of halogens is 2. The van der Waals surface area contributed by atoms with Gasteiger partial charge in [-0.3, -0.25) is 5.43 Å². The number of nitrogens with one attached hydrogen (secondary N) is 1. The summed E-state index contributed by atoms with van der Waals surface area (Å²) in [5.41, 5.74) is 2.92. The van der Waals surface area contributed by atoms with Crippen LogP contribution in [0.15, 0.2) is 0 Å². The highest BCUT2D eigenvalue weighted by Gasteiger charge is 1.89. The Labute approximate surface area is 74.6 Å². The van der Waals surface area contributed by atoms with E-state index < -0.39 is 0 Å². The van der Waals surface area contributed by atoms with E-state index in [0.29, 0.717) is 0 Å². The van der Waals surface area contributed by atoms with Gasteiger partial charge in [0.2, 0.25) is 0 Å². The highest BCUT2D eigenvalue weighted by atomic mass is 35.5. The number of nitrogens with zero attached hydrogens (tertiary/aromatic N) is 1. The average molecular weight is 191 g/mol. The van der Waals surface area contributed by atoms with Gasteiger partial charge in [0.15, 0.2) is 0 Å². The molecule has 2 N–H and O–H groups in total. The molecule has 0 heterocycles. The van der Waals surface area contributed by atoms with Crippen molar-refractivity contribution in [2.45, 2.75) is 6.42 Å². The maximum absolute atomic E-state index is 8.36. The van der Waals surface area contributed by atoms with Crippen LogP contribution in [-0.2, 0) is 0 Å². The summed E-state index contributed by atoms with van der Waals surface area (Å²) in [4.78, 5) is 0. The maximum atomic E-state index is 8.36. The second-order valence-electron chi connectivity index (χ2n) is 1.72. The van der Waals surface area contributed by atoms with Gasteiger partial charge in [0.25, 0.3) is 0 Å². The number of aliphatic hydroxyl groups is 1. The van der Waals surface area contributed by atoms with Gasteiger partial charge in [-0.05, 0) is 13.5 Å². The van der Waals surface area contributed by atoms with Crippen LogP contribution in [0.3, 0.4) is 0 Å². The number of rotatable bonds is 4. The predicted molar refractivity (Wildman–Crippen MR) is 47.9 cm³/mol. The molecule has 5 heteroatoms. The van der Waals surface area contributed by atoms with Crippen molar-refractivity contribution >= 4 is 24.8 Å². The van der Waals surface area contributed by atoms with Crippen molar-refractivity contribution in [1.82, 2.24) is 10.4 Å². The first-order valence-electron chi connectivity index (χ1n) is 2.80. The smallest absolute Gasteiger partial charge is 0.0443 e. The molecule has 0 unspecified atom stereocenters. The molecular formula is C5H16Cl2N2O. The summed E-state index contributed by atoms with van der Waals surface area (Å²) in [6, 6.07) is 0. The van der Waals surface area contributed by atoms with E-state index >= 15 is 0 Å². The molecule has 0 aromatic heterocycles. The van der Waals surface area contributed by atoms with Crippen LogP contribution in [0, 0.1) is 0 Å².